The minimum Gasteiger partial charge on any atom is -0.491 e. The molecule has 3 aliphatic rings. The lowest BCUT2D eigenvalue weighted by atomic mass is 9.68. The predicted molar refractivity (Wildman–Crippen MR) is 168 cm³/mol. The first kappa shape index (κ1) is 33.5. The van der Waals surface area contributed by atoms with Crippen molar-refractivity contribution in [1.29, 1.82) is 0 Å². The molecular formula is C38H48F4O3. The SMILES string of the molecule is C/C=C/CCc1ccc(C2CCC(OC(=O)C3CCC(C4CCC(c5ccc(OCC)c(F)c5F)CC4)CC3)CC2)c(F)c1F. The van der Waals surface area contributed by atoms with Crippen LogP contribution in [0.3, 0.4) is 0 Å². The molecule has 3 fully saturated rings. The summed E-state index contributed by atoms with van der Waals surface area (Å²) in [5, 5.41) is 0. The summed E-state index contributed by atoms with van der Waals surface area (Å²) in [7, 11) is 0. The Kier molecular flexibility index (Phi) is 11.7. The molecule has 3 nitrogen and oxygen atoms in total. The quantitative estimate of drug-likeness (QED) is 0.149. The fraction of sp³-hybridized carbons (Fsp3) is 0.605. The number of rotatable bonds is 10. The highest BCUT2D eigenvalue weighted by Gasteiger charge is 2.36. The summed E-state index contributed by atoms with van der Waals surface area (Å²) in [6, 6.07) is 6.68. The highest BCUT2D eigenvalue weighted by molar-refractivity contribution is 5.72. The molecule has 0 unspecified atom stereocenters. The van der Waals surface area contributed by atoms with Crippen LogP contribution < -0.4 is 4.74 Å². The van der Waals surface area contributed by atoms with Gasteiger partial charge in [0.2, 0.25) is 5.82 Å². The Labute approximate surface area is 265 Å². The van der Waals surface area contributed by atoms with Crippen LogP contribution in [0.2, 0.25) is 0 Å². The molecule has 0 radical (unpaired) electrons. The molecule has 3 aliphatic carbocycles. The van der Waals surface area contributed by atoms with Crippen LogP contribution in [-0.2, 0) is 16.0 Å². The van der Waals surface area contributed by atoms with Crippen LogP contribution in [0, 0.1) is 41.0 Å². The van der Waals surface area contributed by atoms with E-state index < -0.39 is 23.3 Å². The van der Waals surface area contributed by atoms with Gasteiger partial charge in [0, 0.05) is 0 Å². The van der Waals surface area contributed by atoms with Crippen LogP contribution in [0.25, 0.3) is 0 Å². The van der Waals surface area contributed by atoms with Gasteiger partial charge in [-0.15, -0.1) is 0 Å². The summed E-state index contributed by atoms with van der Waals surface area (Å²) in [5.74, 6) is -2.28. The highest BCUT2D eigenvalue weighted by atomic mass is 19.2. The molecule has 0 saturated heterocycles. The number of allylic oxidation sites excluding steroid dienone is 2. The number of halogens is 4. The maximum Gasteiger partial charge on any atom is 0.309 e. The Morgan fingerprint density at radius 1 is 0.733 bits per heavy atom. The monoisotopic (exact) mass is 628 g/mol. The van der Waals surface area contributed by atoms with Gasteiger partial charge in [-0.1, -0.05) is 30.4 Å². The maximum atomic E-state index is 14.9. The van der Waals surface area contributed by atoms with E-state index in [-0.39, 0.29) is 35.6 Å². The summed E-state index contributed by atoms with van der Waals surface area (Å²) >= 11 is 0. The lowest BCUT2D eigenvalue weighted by Gasteiger charge is -2.38. The van der Waals surface area contributed by atoms with E-state index >= 15 is 0 Å². The summed E-state index contributed by atoms with van der Waals surface area (Å²) < 4.78 is 69.9. The van der Waals surface area contributed by atoms with E-state index in [0.29, 0.717) is 73.7 Å². The zero-order chi connectivity index (χ0) is 31.9. The van der Waals surface area contributed by atoms with Gasteiger partial charge in [-0.3, -0.25) is 4.79 Å². The summed E-state index contributed by atoms with van der Waals surface area (Å²) in [6.45, 7) is 3.95. The van der Waals surface area contributed by atoms with E-state index in [1.54, 1.807) is 31.2 Å². The largest absolute Gasteiger partial charge is 0.491 e. The Balaban J connectivity index is 1.04. The average Bonchev–Trinajstić information content (AvgIpc) is 3.06. The van der Waals surface area contributed by atoms with Crippen molar-refractivity contribution in [3.05, 3.63) is 76.4 Å². The Morgan fingerprint density at radius 3 is 1.89 bits per heavy atom. The minimum atomic E-state index is -0.889. The number of benzene rings is 2. The van der Waals surface area contributed by atoms with Crippen molar-refractivity contribution in [3.8, 4) is 5.75 Å². The fourth-order valence-electron chi connectivity index (χ4n) is 8.13. The maximum absolute atomic E-state index is 14.9. The number of carbonyl (C=O) groups excluding carboxylic acids is 1. The van der Waals surface area contributed by atoms with Crippen LogP contribution in [-0.4, -0.2) is 18.7 Å². The van der Waals surface area contributed by atoms with Gasteiger partial charge in [0.1, 0.15) is 6.10 Å². The number of hydrogen-bond donors (Lipinski definition) is 0. The Bertz CT molecular complexity index is 1320. The third-order valence-electron chi connectivity index (χ3n) is 10.8. The summed E-state index contributed by atoms with van der Waals surface area (Å²) in [4.78, 5) is 13.1. The third kappa shape index (κ3) is 7.94. The van der Waals surface area contributed by atoms with Crippen molar-refractivity contribution >= 4 is 5.97 Å². The molecule has 0 aliphatic heterocycles. The van der Waals surface area contributed by atoms with Gasteiger partial charge in [-0.05, 0) is 150 Å². The topological polar surface area (TPSA) is 35.5 Å². The van der Waals surface area contributed by atoms with E-state index in [0.717, 1.165) is 51.4 Å². The first-order valence-electron chi connectivity index (χ1n) is 17.2. The lowest BCUT2D eigenvalue weighted by molar-refractivity contribution is -0.157. The smallest absolute Gasteiger partial charge is 0.309 e. The molecule has 7 heteroatoms. The number of carbonyl (C=O) groups is 1. The molecule has 5 rings (SSSR count). The summed E-state index contributed by atoms with van der Waals surface area (Å²) in [6.07, 6.45) is 14.8. The number of hydrogen-bond acceptors (Lipinski definition) is 3. The lowest BCUT2D eigenvalue weighted by Crippen LogP contribution is -2.32. The number of ether oxygens (including phenoxy) is 2. The standard InChI is InChI=1S/C38H48F4O3/c1-3-5-6-7-28-18-21-31(35(40)34(28)39)27-16-19-30(20-17-27)45-38(43)29-14-10-25(11-15-29)24-8-12-26(13-9-24)32-22-23-33(44-4-2)37(42)36(32)41/h3,5,18,21-27,29-30H,4,6-17,19-20H2,1-2H3/b5-3+. The van der Waals surface area contributed by atoms with E-state index in [1.807, 2.05) is 19.1 Å². The van der Waals surface area contributed by atoms with Gasteiger partial charge >= 0.3 is 5.97 Å². The van der Waals surface area contributed by atoms with Crippen LogP contribution in [0.15, 0.2) is 36.4 Å². The second kappa shape index (κ2) is 15.6. The van der Waals surface area contributed by atoms with Gasteiger partial charge in [-0.25, -0.2) is 13.2 Å². The van der Waals surface area contributed by atoms with E-state index in [2.05, 4.69) is 0 Å². The van der Waals surface area contributed by atoms with Crippen LogP contribution >= 0.6 is 0 Å². The van der Waals surface area contributed by atoms with Gasteiger partial charge in [0.25, 0.3) is 0 Å². The van der Waals surface area contributed by atoms with Crippen molar-refractivity contribution in [2.75, 3.05) is 6.61 Å². The Morgan fingerprint density at radius 2 is 1.29 bits per heavy atom. The van der Waals surface area contributed by atoms with Crippen LogP contribution in [0.1, 0.15) is 126 Å². The molecule has 0 atom stereocenters. The van der Waals surface area contributed by atoms with Crippen molar-refractivity contribution in [2.45, 2.75) is 122 Å². The third-order valence-corrected chi connectivity index (χ3v) is 10.8. The van der Waals surface area contributed by atoms with Gasteiger partial charge in [-0.2, -0.15) is 4.39 Å². The molecule has 0 amide bonds. The normalized spacial score (nSPS) is 27.4. The summed E-state index contributed by atoms with van der Waals surface area (Å²) in [5.41, 5.74) is 1.31. The van der Waals surface area contributed by atoms with Crippen molar-refractivity contribution in [2.24, 2.45) is 17.8 Å². The molecule has 246 valence electrons. The number of esters is 1. The molecule has 0 bridgehead atoms. The van der Waals surface area contributed by atoms with E-state index in [9.17, 15) is 22.4 Å². The first-order valence-corrected chi connectivity index (χ1v) is 17.2. The first-order chi connectivity index (χ1) is 21.8. The molecular weight excluding hydrogens is 580 g/mol. The highest BCUT2D eigenvalue weighted by Crippen LogP contribution is 2.45. The van der Waals surface area contributed by atoms with Gasteiger partial charge < -0.3 is 9.47 Å². The second-order valence-electron chi connectivity index (χ2n) is 13.4. The molecule has 2 aromatic carbocycles. The molecule has 0 heterocycles. The van der Waals surface area contributed by atoms with Crippen molar-refractivity contribution in [1.82, 2.24) is 0 Å². The molecule has 0 spiro atoms. The van der Waals surface area contributed by atoms with Gasteiger partial charge in [0.05, 0.1) is 12.5 Å². The minimum absolute atomic E-state index is 0.0240. The molecule has 3 saturated carbocycles. The van der Waals surface area contributed by atoms with Gasteiger partial charge in [0.15, 0.2) is 23.2 Å². The number of aryl methyl sites for hydroxylation is 1. The average molecular weight is 629 g/mol. The van der Waals surface area contributed by atoms with Crippen molar-refractivity contribution in [3.63, 3.8) is 0 Å². The molecule has 2 aromatic rings. The Hall–Kier alpha value is -2.83. The van der Waals surface area contributed by atoms with E-state index in [1.165, 1.54) is 0 Å². The van der Waals surface area contributed by atoms with E-state index in [4.69, 9.17) is 9.47 Å². The molecule has 45 heavy (non-hydrogen) atoms. The van der Waals surface area contributed by atoms with Crippen LogP contribution in [0.5, 0.6) is 5.75 Å². The molecule has 0 N–H and O–H groups in total. The predicted octanol–water partition coefficient (Wildman–Crippen LogP) is 10.5. The zero-order valence-electron chi connectivity index (χ0n) is 26.8. The second-order valence-corrected chi connectivity index (χ2v) is 13.4. The molecule has 0 aromatic heterocycles. The van der Waals surface area contributed by atoms with Crippen molar-refractivity contribution < 1.29 is 31.8 Å². The fourth-order valence-corrected chi connectivity index (χ4v) is 8.13. The zero-order valence-corrected chi connectivity index (χ0v) is 26.8. The van der Waals surface area contributed by atoms with Crippen LogP contribution in [0.4, 0.5) is 17.6 Å².